The Kier molecular flexibility index (Phi) is 15.3. The highest BCUT2D eigenvalue weighted by Crippen LogP contribution is 2.30. The normalized spacial score (nSPS) is 8.46. The van der Waals surface area contributed by atoms with Crippen molar-refractivity contribution >= 4 is 43.1 Å². The second-order valence-corrected chi connectivity index (χ2v) is 6.39. The Morgan fingerprint density at radius 3 is 1.31 bits per heavy atom. The first-order chi connectivity index (χ1) is 9.54. The molecule has 0 aliphatic heterocycles. The summed E-state index contributed by atoms with van der Waals surface area (Å²) in [5.74, 6) is 0. The minimum Gasteiger partial charge on any atom is -1.00 e. The minimum absolute atomic E-state index is 0. The molecule has 0 radical (unpaired) electrons. The number of anilines is 2. The van der Waals surface area contributed by atoms with Crippen molar-refractivity contribution in [2.45, 2.75) is 0 Å². The highest BCUT2D eigenvalue weighted by molar-refractivity contribution is 7.24. The van der Waals surface area contributed by atoms with Crippen molar-refractivity contribution in [3.8, 4) is 0 Å². The second kappa shape index (κ2) is 12.5. The Hall–Kier alpha value is -1.85. The lowest BCUT2D eigenvalue weighted by Gasteiger charge is -2.11. The molecule has 3 rings (SSSR count). The number of halogens is 1. The van der Waals surface area contributed by atoms with E-state index in [0.29, 0.717) is 0 Å². The van der Waals surface area contributed by atoms with Crippen LogP contribution < -0.4 is 22.2 Å². The first-order valence-electron chi connectivity index (χ1n) is 6.57. The SMILES string of the molecule is CN(C)c1ccc2nc3ccc(N(C)C)cc3[s+]c2c1.O.O.O.O.O.[Cl-]. The van der Waals surface area contributed by atoms with E-state index in [9.17, 15) is 0 Å². The van der Waals surface area contributed by atoms with Gasteiger partial charge in [0, 0.05) is 51.7 Å². The molecule has 10 heteroatoms. The fourth-order valence-electron chi connectivity index (χ4n) is 2.16. The maximum atomic E-state index is 4.75. The van der Waals surface area contributed by atoms with Gasteiger partial charge in [-0.3, -0.25) is 0 Å². The monoisotopic (exact) mass is 409 g/mol. The zero-order chi connectivity index (χ0) is 14.3. The molecule has 150 valence electrons. The summed E-state index contributed by atoms with van der Waals surface area (Å²) in [6.45, 7) is 0. The van der Waals surface area contributed by atoms with Crippen molar-refractivity contribution in [3.63, 3.8) is 0 Å². The highest BCUT2D eigenvalue weighted by Gasteiger charge is 2.14. The number of nitrogens with zero attached hydrogens (tertiary/aromatic N) is 3. The zero-order valence-corrected chi connectivity index (χ0v) is 16.7. The molecule has 26 heavy (non-hydrogen) atoms. The van der Waals surface area contributed by atoms with Gasteiger partial charge in [-0.25, -0.2) is 4.98 Å². The summed E-state index contributed by atoms with van der Waals surface area (Å²) in [7, 11) is 8.24. The molecule has 0 saturated heterocycles. The minimum atomic E-state index is 0. The Morgan fingerprint density at radius 2 is 1.00 bits per heavy atom. The van der Waals surface area contributed by atoms with Crippen molar-refractivity contribution in [2.24, 2.45) is 0 Å². The molecular weight excluding hydrogens is 382 g/mol. The molecule has 0 aliphatic rings. The fourth-order valence-corrected chi connectivity index (χ4v) is 3.19. The summed E-state index contributed by atoms with van der Waals surface area (Å²) >= 11 is 1.80. The third kappa shape index (κ3) is 6.15. The maximum absolute atomic E-state index is 4.75. The molecule has 0 bridgehead atoms. The summed E-state index contributed by atoms with van der Waals surface area (Å²) in [5, 5.41) is 0. The van der Waals surface area contributed by atoms with Gasteiger partial charge < -0.3 is 49.6 Å². The van der Waals surface area contributed by atoms with Crippen molar-refractivity contribution in [1.29, 1.82) is 0 Å². The highest BCUT2D eigenvalue weighted by atomic mass is 35.5. The van der Waals surface area contributed by atoms with E-state index in [-0.39, 0.29) is 39.8 Å². The van der Waals surface area contributed by atoms with Gasteiger partial charge in [-0.1, -0.05) is 0 Å². The summed E-state index contributed by atoms with van der Waals surface area (Å²) < 4.78 is 2.44. The van der Waals surface area contributed by atoms with E-state index in [2.05, 4.69) is 74.4 Å². The molecule has 1 heterocycles. The molecule has 0 unspecified atom stereocenters. The molecule has 0 saturated carbocycles. The Balaban J connectivity index is -0.000000403. The Morgan fingerprint density at radius 1 is 0.654 bits per heavy atom. The van der Waals surface area contributed by atoms with Gasteiger partial charge in [-0.15, -0.1) is 0 Å². The van der Waals surface area contributed by atoms with Crippen LogP contribution in [0.5, 0.6) is 0 Å². The van der Waals surface area contributed by atoms with Crippen molar-refractivity contribution in [3.05, 3.63) is 36.4 Å². The van der Waals surface area contributed by atoms with Crippen LogP contribution in [0.4, 0.5) is 11.4 Å². The Labute approximate surface area is 162 Å². The average molecular weight is 410 g/mol. The summed E-state index contributed by atoms with van der Waals surface area (Å²) in [5.41, 5.74) is 4.54. The predicted molar refractivity (Wildman–Crippen MR) is 108 cm³/mol. The first kappa shape index (κ1) is 31.9. The van der Waals surface area contributed by atoms with Crippen LogP contribution in [0.3, 0.4) is 0 Å². The largest absolute Gasteiger partial charge is 1.00 e. The molecule has 2 aromatic carbocycles. The van der Waals surface area contributed by atoms with E-state index in [0.717, 1.165) is 11.0 Å². The van der Waals surface area contributed by atoms with E-state index < -0.39 is 0 Å². The topological polar surface area (TPSA) is 177 Å². The molecule has 0 aliphatic carbocycles. The summed E-state index contributed by atoms with van der Waals surface area (Å²) in [6, 6.07) is 12.8. The number of hydrogen-bond donors (Lipinski definition) is 0. The summed E-state index contributed by atoms with van der Waals surface area (Å²) in [6.07, 6.45) is 0. The van der Waals surface area contributed by atoms with Crippen molar-refractivity contribution < 1.29 is 39.8 Å². The molecule has 0 amide bonds. The van der Waals surface area contributed by atoms with E-state index in [4.69, 9.17) is 4.98 Å². The molecule has 3 aromatic rings. The van der Waals surface area contributed by atoms with Crippen LogP contribution >= 0.6 is 11.3 Å². The van der Waals surface area contributed by atoms with E-state index in [1.54, 1.807) is 11.3 Å². The van der Waals surface area contributed by atoms with Crippen LogP contribution in [0.15, 0.2) is 36.4 Å². The number of benzene rings is 2. The molecule has 8 nitrogen and oxygen atoms in total. The maximum Gasteiger partial charge on any atom is 0.259 e. The van der Waals surface area contributed by atoms with Gasteiger partial charge in [0.25, 0.3) is 9.40 Å². The molecule has 0 spiro atoms. The molecule has 10 N–H and O–H groups in total. The first-order valence-corrected chi connectivity index (χ1v) is 7.38. The van der Waals surface area contributed by atoms with Crippen LogP contribution in [-0.4, -0.2) is 60.6 Å². The lowest BCUT2D eigenvalue weighted by molar-refractivity contribution is -0.0000100. The number of aromatic nitrogens is 1. The fraction of sp³-hybridized carbons (Fsp3) is 0.250. The van der Waals surface area contributed by atoms with Gasteiger partial charge in [-0.2, -0.15) is 0 Å². The molecular formula is C16H28ClN3O5S. The van der Waals surface area contributed by atoms with Crippen LogP contribution in [0.2, 0.25) is 0 Å². The van der Waals surface area contributed by atoms with E-state index in [1.807, 2.05) is 0 Å². The molecule has 1 aromatic heterocycles. The van der Waals surface area contributed by atoms with E-state index >= 15 is 0 Å². The van der Waals surface area contributed by atoms with Crippen molar-refractivity contribution in [1.82, 2.24) is 4.98 Å². The van der Waals surface area contributed by atoms with Gasteiger partial charge in [0.05, 0.1) is 0 Å². The lowest BCUT2D eigenvalue weighted by Crippen LogP contribution is -3.00. The predicted octanol–water partition coefficient (Wildman–Crippen LogP) is -3.26. The van der Waals surface area contributed by atoms with Gasteiger partial charge in [-0.05, 0) is 24.3 Å². The third-order valence-corrected chi connectivity index (χ3v) is 4.47. The van der Waals surface area contributed by atoms with Crippen LogP contribution in [0.25, 0.3) is 20.4 Å². The quantitative estimate of drug-likeness (QED) is 0.319. The Bertz CT molecular complexity index is 742. The van der Waals surface area contributed by atoms with Gasteiger partial charge >= 0.3 is 0 Å². The smallest absolute Gasteiger partial charge is 0.259 e. The molecule has 0 fully saturated rings. The second-order valence-electron chi connectivity index (χ2n) is 5.31. The standard InChI is InChI=1S/C16H18N3S.ClH.5H2O/c1-18(2)11-5-7-13-15(9-11)20-16-10-12(19(3)4)6-8-14(16)17-13;;;;;;/h5-10H,1-4H3;1H;5*1H2/q+1;;;;;;/p-1. The third-order valence-electron chi connectivity index (χ3n) is 3.38. The van der Waals surface area contributed by atoms with E-state index in [1.165, 1.54) is 20.8 Å². The van der Waals surface area contributed by atoms with Crippen molar-refractivity contribution in [2.75, 3.05) is 38.0 Å². The van der Waals surface area contributed by atoms with Crippen LogP contribution in [0, 0.1) is 0 Å². The lowest BCUT2D eigenvalue weighted by atomic mass is 10.2. The van der Waals surface area contributed by atoms with Crippen LogP contribution in [0.1, 0.15) is 0 Å². The number of rotatable bonds is 2. The van der Waals surface area contributed by atoms with Gasteiger partial charge in [0.2, 0.25) is 11.3 Å². The summed E-state index contributed by atoms with van der Waals surface area (Å²) in [4.78, 5) is 8.99. The van der Waals surface area contributed by atoms with Gasteiger partial charge in [0.1, 0.15) is 11.0 Å². The average Bonchev–Trinajstić information content (AvgIpc) is 2.43. The number of fused-ring (bicyclic) bond motifs is 2. The van der Waals surface area contributed by atoms with Crippen LogP contribution in [-0.2, 0) is 0 Å². The zero-order valence-electron chi connectivity index (χ0n) is 15.1. The molecule has 0 atom stereocenters. The number of hydrogen-bond acceptors (Lipinski definition) is 3. The van der Waals surface area contributed by atoms with Gasteiger partial charge in [0.15, 0.2) is 0 Å².